The van der Waals surface area contributed by atoms with Gasteiger partial charge in [0, 0.05) is 17.9 Å². The molecule has 0 spiro atoms. The third-order valence-electron chi connectivity index (χ3n) is 6.78. The van der Waals surface area contributed by atoms with Gasteiger partial charge < -0.3 is 0 Å². The van der Waals surface area contributed by atoms with Crippen molar-refractivity contribution in [3.8, 4) is 0 Å². The van der Waals surface area contributed by atoms with Crippen LogP contribution >= 0.6 is 0 Å². The number of rotatable bonds is 2. The Morgan fingerprint density at radius 3 is 2.50 bits per heavy atom. The van der Waals surface area contributed by atoms with E-state index in [1.807, 2.05) is 0 Å². The molecule has 0 saturated heterocycles. The van der Waals surface area contributed by atoms with Gasteiger partial charge in [0.05, 0.1) is 0 Å². The van der Waals surface area contributed by atoms with E-state index in [2.05, 4.69) is 49.4 Å². The number of carbonyl (C=O) groups is 1. The van der Waals surface area contributed by atoms with Crippen molar-refractivity contribution in [3.05, 3.63) is 68.4 Å². The summed E-state index contributed by atoms with van der Waals surface area (Å²) in [5, 5.41) is 5.18. The zero-order chi connectivity index (χ0) is 17.7. The van der Waals surface area contributed by atoms with Crippen molar-refractivity contribution in [2.75, 3.05) is 0 Å². The Morgan fingerprint density at radius 1 is 0.923 bits per heavy atom. The van der Waals surface area contributed by atoms with Crippen LogP contribution in [0.3, 0.4) is 0 Å². The van der Waals surface area contributed by atoms with E-state index < -0.39 is 0 Å². The van der Waals surface area contributed by atoms with Crippen molar-refractivity contribution in [2.45, 2.75) is 57.8 Å². The number of fused-ring (bicyclic) bond motifs is 4. The molecule has 0 bridgehead atoms. The van der Waals surface area contributed by atoms with E-state index in [9.17, 15) is 4.79 Å². The Hall–Kier alpha value is -2.15. The van der Waals surface area contributed by atoms with Gasteiger partial charge in [0.1, 0.15) is 0 Å². The minimum Gasteiger partial charge on any atom is -0.294 e. The summed E-state index contributed by atoms with van der Waals surface area (Å²) in [7, 11) is 0. The first-order valence-electron chi connectivity index (χ1n) is 10.3. The molecule has 2 aromatic rings. The van der Waals surface area contributed by atoms with Crippen LogP contribution in [0.15, 0.2) is 36.4 Å². The highest BCUT2D eigenvalue weighted by atomic mass is 16.1. The molecule has 0 amide bonds. The first-order valence-corrected chi connectivity index (χ1v) is 10.3. The second-order valence-electron chi connectivity index (χ2n) is 8.15. The summed E-state index contributed by atoms with van der Waals surface area (Å²) in [5.41, 5.74) is 3.95. The lowest BCUT2D eigenvalue weighted by Crippen LogP contribution is -2.30. The molecule has 1 nitrogen and oxygen atoms in total. The summed E-state index contributed by atoms with van der Waals surface area (Å²) in [6.07, 6.45) is 10.4. The summed E-state index contributed by atoms with van der Waals surface area (Å²) < 4.78 is 0. The van der Waals surface area contributed by atoms with E-state index in [1.54, 1.807) is 5.57 Å². The lowest BCUT2D eigenvalue weighted by molar-refractivity contribution is 0.0978. The van der Waals surface area contributed by atoms with Gasteiger partial charge in [-0.2, -0.15) is 0 Å². The van der Waals surface area contributed by atoms with Crippen molar-refractivity contribution >= 4 is 17.4 Å². The maximum Gasteiger partial charge on any atom is 0.164 e. The van der Waals surface area contributed by atoms with Gasteiger partial charge in [-0.15, -0.1) is 0 Å². The lowest BCUT2D eigenvalue weighted by atomic mass is 9.77. The first-order chi connectivity index (χ1) is 12.8. The van der Waals surface area contributed by atoms with Gasteiger partial charge in [0.2, 0.25) is 0 Å². The quantitative estimate of drug-likeness (QED) is 0.781. The number of hydrogen-bond donors (Lipinski definition) is 0. The van der Waals surface area contributed by atoms with Crippen molar-refractivity contribution in [1.29, 1.82) is 0 Å². The summed E-state index contributed by atoms with van der Waals surface area (Å²) in [4.78, 5) is 13.1. The second kappa shape index (κ2) is 6.23. The van der Waals surface area contributed by atoms with Gasteiger partial charge in [0.25, 0.3) is 0 Å². The average Bonchev–Trinajstić information content (AvgIpc) is 3.21. The van der Waals surface area contributed by atoms with Crippen LogP contribution in [0.25, 0.3) is 11.6 Å². The van der Waals surface area contributed by atoms with Crippen LogP contribution in [0.4, 0.5) is 0 Å². The highest BCUT2D eigenvalue weighted by molar-refractivity contribution is 6.01. The van der Waals surface area contributed by atoms with Gasteiger partial charge in [0.15, 0.2) is 5.78 Å². The summed E-state index contributed by atoms with van der Waals surface area (Å²) in [6, 6.07) is 13.2. The molecular weight excluding hydrogens is 316 g/mol. The minimum absolute atomic E-state index is 0.349. The van der Waals surface area contributed by atoms with E-state index in [4.69, 9.17) is 0 Å². The first kappa shape index (κ1) is 16.1. The van der Waals surface area contributed by atoms with Crippen molar-refractivity contribution in [2.24, 2.45) is 5.92 Å². The fraction of sp³-hybridized carbons (Fsp3) is 0.400. The smallest absolute Gasteiger partial charge is 0.164 e. The van der Waals surface area contributed by atoms with Gasteiger partial charge in [-0.25, -0.2) is 0 Å². The third-order valence-corrected chi connectivity index (χ3v) is 6.78. The van der Waals surface area contributed by atoms with Crippen molar-refractivity contribution in [3.63, 3.8) is 0 Å². The van der Waals surface area contributed by atoms with Gasteiger partial charge in [-0.05, 0) is 58.0 Å². The summed E-state index contributed by atoms with van der Waals surface area (Å²) in [6.45, 7) is 2.24. The molecule has 3 aliphatic carbocycles. The number of Topliss-reactive ketones (excluding diaryl/α,β-unsaturated/α-hetero) is 1. The SMILES string of the molecule is CCC1C=c2ccccc2=c2ccc3c(c21)C(=O)CCC=3C1CCCC1. The van der Waals surface area contributed by atoms with Gasteiger partial charge >= 0.3 is 0 Å². The zero-order valence-electron chi connectivity index (χ0n) is 15.6. The molecule has 1 atom stereocenters. The Balaban J connectivity index is 1.92. The third kappa shape index (κ3) is 2.33. The molecule has 1 heteroatoms. The minimum atomic E-state index is 0.349. The van der Waals surface area contributed by atoms with Crippen LogP contribution in [0.5, 0.6) is 0 Å². The topological polar surface area (TPSA) is 17.1 Å². The van der Waals surface area contributed by atoms with Crippen LogP contribution in [0.1, 0.15) is 73.7 Å². The Bertz CT molecular complexity index is 1100. The molecular formula is C25H26O. The molecule has 132 valence electrons. The molecule has 0 aliphatic heterocycles. The number of ketones is 1. The Labute approximate surface area is 154 Å². The Morgan fingerprint density at radius 2 is 1.69 bits per heavy atom. The monoisotopic (exact) mass is 342 g/mol. The highest BCUT2D eigenvalue weighted by Gasteiger charge is 2.29. The average molecular weight is 342 g/mol. The van der Waals surface area contributed by atoms with Crippen LogP contribution in [0, 0.1) is 16.4 Å². The number of carbonyl (C=O) groups excluding carboxylic acids is 1. The molecule has 0 N–H and O–H groups in total. The maximum atomic E-state index is 13.1. The molecule has 3 aliphatic rings. The molecule has 1 unspecified atom stereocenters. The largest absolute Gasteiger partial charge is 0.294 e. The van der Waals surface area contributed by atoms with Crippen LogP contribution < -0.4 is 10.4 Å². The van der Waals surface area contributed by atoms with E-state index in [1.165, 1.54) is 52.1 Å². The lowest BCUT2D eigenvalue weighted by Gasteiger charge is -2.26. The molecule has 0 aromatic heterocycles. The van der Waals surface area contributed by atoms with Gasteiger partial charge in [-0.3, -0.25) is 4.79 Å². The molecule has 0 heterocycles. The predicted molar refractivity (Wildman–Crippen MR) is 106 cm³/mol. The highest BCUT2D eigenvalue weighted by Crippen LogP contribution is 2.37. The maximum absolute atomic E-state index is 13.1. The molecule has 5 rings (SSSR count). The van der Waals surface area contributed by atoms with E-state index in [0.29, 0.717) is 24.0 Å². The fourth-order valence-corrected chi connectivity index (χ4v) is 5.52. The molecule has 1 fully saturated rings. The standard InChI is InChI=1S/C25H26O/c1-2-16-15-18-9-5-6-10-19(18)21-11-12-22-20(17-7-3-4-8-17)13-14-23(26)25(22)24(16)21/h5-6,9-12,15-17H,2-4,7-8,13-14H2,1H3. The normalized spacial score (nSPS) is 21.8. The molecule has 26 heavy (non-hydrogen) atoms. The second-order valence-corrected chi connectivity index (χ2v) is 8.15. The number of benzene rings is 2. The summed E-state index contributed by atoms with van der Waals surface area (Å²) >= 11 is 0. The van der Waals surface area contributed by atoms with E-state index in [0.717, 1.165) is 18.4 Å². The van der Waals surface area contributed by atoms with Crippen molar-refractivity contribution < 1.29 is 4.79 Å². The summed E-state index contributed by atoms with van der Waals surface area (Å²) in [5.74, 6) is 1.42. The number of hydrogen-bond acceptors (Lipinski definition) is 1. The van der Waals surface area contributed by atoms with Crippen LogP contribution in [-0.4, -0.2) is 5.78 Å². The van der Waals surface area contributed by atoms with Crippen LogP contribution in [0.2, 0.25) is 0 Å². The van der Waals surface area contributed by atoms with E-state index in [-0.39, 0.29) is 0 Å². The van der Waals surface area contributed by atoms with Crippen LogP contribution in [-0.2, 0) is 0 Å². The molecule has 2 aromatic carbocycles. The molecule has 0 radical (unpaired) electrons. The molecule has 1 saturated carbocycles. The predicted octanol–water partition coefficient (Wildman–Crippen LogP) is 4.58. The fourth-order valence-electron chi connectivity index (χ4n) is 5.52. The Kier molecular flexibility index (Phi) is 3.85. The van der Waals surface area contributed by atoms with Gasteiger partial charge in [-0.1, -0.05) is 67.8 Å². The van der Waals surface area contributed by atoms with Crippen molar-refractivity contribution in [1.82, 2.24) is 0 Å². The zero-order valence-corrected chi connectivity index (χ0v) is 15.6. The van der Waals surface area contributed by atoms with E-state index >= 15 is 0 Å².